The van der Waals surface area contributed by atoms with Crippen molar-refractivity contribution in [3.8, 4) is 0 Å². The van der Waals surface area contributed by atoms with Gasteiger partial charge in [-0.3, -0.25) is 0 Å². The molecule has 2 rings (SSSR count). The topological polar surface area (TPSA) is 41.6 Å². The van der Waals surface area contributed by atoms with E-state index in [4.69, 9.17) is 16.3 Å². The maximum absolute atomic E-state index is 11.8. The summed E-state index contributed by atoms with van der Waals surface area (Å²) in [5.74, 6) is -0.443. The van der Waals surface area contributed by atoms with Crippen molar-refractivity contribution in [3.63, 3.8) is 0 Å². The largest absolute Gasteiger partial charge is 0.430 e. The number of benzene rings is 1. The number of piperazine rings is 1. The van der Waals surface area contributed by atoms with E-state index in [1.807, 2.05) is 12.1 Å². The number of alkyl halides is 2. The predicted octanol–water partition coefficient (Wildman–Crippen LogP) is 2.98. The Morgan fingerprint density at radius 2 is 1.90 bits per heavy atom. The van der Waals surface area contributed by atoms with Gasteiger partial charge in [-0.25, -0.2) is 4.79 Å². The Labute approximate surface area is 138 Å². The van der Waals surface area contributed by atoms with Crippen LogP contribution in [-0.4, -0.2) is 36.1 Å². The molecule has 1 aliphatic rings. The van der Waals surface area contributed by atoms with Gasteiger partial charge in [0.25, 0.3) is 0 Å². The minimum Gasteiger partial charge on any atom is -0.430 e. The highest BCUT2D eigenvalue weighted by atomic mass is 79.9. The minimum atomic E-state index is -1.17. The second kappa shape index (κ2) is 7.50. The van der Waals surface area contributed by atoms with Crippen LogP contribution in [0, 0.1) is 0 Å². The molecule has 1 fully saturated rings. The highest BCUT2D eigenvalue weighted by molar-refractivity contribution is 9.10. The maximum atomic E-state index is 11.8. The number of nitrogens with zero attached hydrogens (tertiary/aromatic N) is 1. The summed E-state index contributed by atoms with van der Waals surface area (Å²) in [5.41, 5.74) is 1.61. The van der Waals surface area contributed by atoms with Crippen LogP contribution in [0.2, 0.25) is 0 Å². The van der Waals surface area contributed by atoms with E-state index in [0.717, 1.165) is 31.9 Å². The molecule has 0 spiro atoms. The molecule has 0 bridgehead atoms. The molecule has 0 amide bonds. The van der Waals surface area contributed by atoms with Crippen molar-refractivity contribution < 1.29 is 9.53 Å². The van der Waals surface area contributed by atoms with Crippen LogP contribution >= 0.6 is 39.9 Å². The number of carbonyl (C=O) groups is 1. The Kier molecular flexibility index (Phi) is 6.58. The zero-order chi connectivity index (χ0) is 13.9. The average Bonchev–Trinajstić information content (AvgIpc) is 2.38. The number of rotatable bonds is 3. The monoisotopic (exact) mass is 382 g/mol. The SMILES string of the molecule is CC(Cl)(Br)OC(=O)c1ccc(N2CCNCC2)cc1.Cl. The second-order valence-electron chi connectivity index (χ2n) is 4.48. The lowest BCUT2D eigenvalue weighted by Gasteiger charge is -2.29. The van der Waals surface area contributed by atoms with Gasteiger partial charge in [-0.2, -0.15) is 0 Å². The van der Waals surface area contributed by atoms with Gasteiger partial charge in [0.1, 0.15) is 0 Å². The van der Waals surface area contributed by atoms with Crippen LogP contribution in [0.25, 0.3) is 0 Å². The van der Waals surface area contributed by atoms with Crippen LogP contribution in [-0.2, 0) is 4.74 Å². The molecule has 7 heteroatoms. The van der Waals surface area contributed by atoms with Crippen LogP contribution in [0.5, 0.6) is 0 Å². The highest BCUT2D eigenvalue weighted by Gasteiger charge is 2.22. The summed E-state index contributed by atoms with van der Waals surface area (Å²) in [6.45, 7) is 5.48. The lowest BCUT2D eigenvalue weighted by molar-refractivity contribution is 0.0432. The van der Waals surface area contributed by atoms with Gasteiger partial charge in [-0.05, 0) is 40.2 Å². The van der Waals surface area contributed by atoms with Gasteiger partial charge in [0.05, 0.1) is 5.56 Å². The van der Waals surface area contributed by atoms with E-state index < -0.39 is 9.94 Å². The molecule has 0 radical (unpaired) electrons. The fourth-order valence-electron chi connectivity index (χ4n) is 1.95. The van der Waals surface area contributed by atoms with Crippen molar-refractivity contribution in [2.45, 2.75) is 10.9 Å². The molecule has 1 heterocycles. The summed E-state index contributed by atoms with van der Waals surface area (Å²) < 4.78 is 3.86. The third-order valence-electron chi connectivity index (χ3n) is 2.86. The molecule has 0 saturated carbocycles. The molecule has 1 N–H and O–H groups in total. The summed E-state index contributed by atoms with van der Waals surface area (Å²) in [7, 11) is 0. The van der Waals surface area contributed by atoms with Crippen molar-refractivity contribution in [2.75, 3.05) is 31.1 Å². The lowest BCUT2D eigenvalue weighted by atomic mass is 10.2. The van der Waals surface area contributed by atoms with Crippen molar-refractivity contribution in [1.82, 2.24) is 5.32 Å². The average molecular weight is 384 g/mol. The molecule has 1 aromatic rings. The summed E-state index contributed by atoms with van der Waals surface area (Å²) in [6, 6.07) is 7.38. The molecular weight excluding hydrogens is 367 g/mol. The molecule has 112 valence electrons. The van der Waals surface area contributed by atoms with Gasteiger partial charge < -0.3 is 15.0 Å². The molecule has 1 atom stereocenters. The number of anilines is 1. The first-order valence-corrected chi connectivity index (χ1v) is 7.30. The quantitative estimate of drug-likeness (QED) is 0.643. The van der Waals surface area contributed by atoms with Crippen LogP contribution in [0.15, 0.2) is 24.3 Å². The first kappa shape index (κ1) is 17.6. The Bertz CT molecular complexity index is 443. The third kappa shape index (κ3) is 5.13. The van der Waals surface area contributed by atoms with Gasteiger partial charge >= 0.3 is 5.97 Å². The van der Waals surface area contributed by atoms with Crippen LogP contribution in [0.1, 0.15) is 17.3 Å². The predicted molar refractivity (Wildman–Crippen MR) is 87.4 cm³/mol. The van der Waals surface area contributed by atoms with E-state index in [9.17, 15) is 4.79 Å². The van der Waals surface area contributed by atoms with Crippen LogP contribution < -0.4 is 10.2 Å². The fraction of sp³-hybridized carbons (Fsp3) is 0.462. The molecule has 1 saturated heterocycles. The number of carbonyl (C=O) groups excluding carboxylic acids is 1. The summed E-state index contributed by atoms with van der Waals surface area (Å²) in [6.07, 6.45) is 0. The van der Waals surface area contributed by atoms with E-state index in [1.165, 1.54) is 0 Å². The van der Waals surface area contributed by atoms with Gasteiger partial charge in [-0.1, -0.05) is 11.6 Å². The number of hydrogen-bond acceptors (Lipinski definition) is 4. The molecule has 0 aromatic heterocycles. The second-order valence-corrected chi connectivity index (χ2v) is 7.17. The zero-order valence-electron chi connectivity index (χ0n) is 11.1. The smallest absolute Gasteiger partial charge is 0.340 e. The molecule has 1 unspecified atom stereocenters. The van der Waals surface area contributed by atoms with Gasteiger partial charge in [0.2, 0.25) is 3.97 Å². The van der Waals surface area contributed by atoms with Gasteiger partial charge in [-0.15, -0.1) is 12.4 Å². The zero-order valence-corrected chi connectivity index (χ0v) is 14.2. The molecule has 1 aromatic carbocycles. The van der Waals surface area contributed by atoms with E-state index in [1.54, 1.807) is 19.1 Å². The fourth-order valence-corrected chi connectivity index (χ4v) is 2.17. The molecule has 20 heavy (non-hydrogen) atoms. The van der Waals surface area contributed by atoms with Crippen molar-refractivity contribution in [1.29, 1.82) is 0 Å². The van der Waals surface area contributed by atoms with E-state index in [-0.39, 0.29) is 12.4 Å². The minimum absolute atomic E-state index is 0. The lowest BCUT2D eigenvalue weighted by Crippen LogP contribution is -2.43. The Morgan fingerprint density at radius 1 is 1.35 bits per heavy atom. The third-order valence-corrected chi connectivity index (χ3v) is 3.10. The number of ether oxygens (including phenoxy) is 1. The Morgan fingerprint density at radius 3 is 2.40 bits per heavy atom. The van der Waals surface area contributed by atoms with Crippen LogP contribution in [0.4, 0.5) is 5.69 Å². The van der Waals surface area contributed by atoms with Crippen molar-refractivity contribution in [3.05, 3.63) is 29.8 Å². The van der Waals surface area contributed by atoms with Gasteiger partial charge in [0, 0.05) is 38.8 Å². The van der Waals surface area contributed by atoms with Crippen molar-refractivity contribution >= 4 is 51.6 Å². The van der Waals surface area contributed by atoms with Gasteiger partial charge in [0.15, 0.2) is 0 Å². The summed E-state index contributed by atoms with van der Waals surface area (Å²) in [5, 5.41) is 3.30. The Balaban J connectivity index is 0.00000200. The summed E-state index contributed by atoms with van der Waals surface area (Å²) >= 11 is 8.85. The normalized spacial score (nSPS) is 17.9. The molecule has 1 aliphatic heterocycles. The highest BCUT2D eigenvalue weighted by Crippen LogP contribution is 2.26. The first-order valence-electron chi connectivity index (χ1n) is 6.12. The van der Waals surface area contributed by atoms with E-state index >= 15 is 0 Å². The molecule has 4 nitrogen and oxygen atoms in total. The number of nitrogens with one attached hydrogen (secondary N) is 1. The van der Waals surface area contributed by atoms with E-state index in [0.29, 0.717) is 5.56 Å². The number of esters is 1. The standard InChI is InChI=1S/C13H16BrClN2O2.ClH/c1-13(14,15)19-12(18)10-2-4-11(5-3-10)17-8-6-16-7-9-17;/h2-5,16H,6-9H2,1H3;1H. The van der Waals surface area contributed by atoms with E-state index in [2.05, 4.69) is 26.1 Å². The first-order chi connectivity index (χ1) is 8.96. The maximum Gasteiger partial charge on any atom is 0.340 e. The Hall–Kier alpha value is -0.490. The van der Waals surface area contributed by atoms with Crippen LogP contribution in [0.3, 0.4) is 0 Å². The molecule has 0 aliphatic carbocycles. The number of hydrogen-bond donors (Lipinski definition) is 1. The summed E-state index contributed by atoms with van der Waals surface area (Å²) in [4.78, 5) is 14.1. The number of halogens is 3. The van der Waals surface area contributed by atoms with Crippen molar-refractivity contribution in [2.24, 2.45) is 0 Å². The molecular formula is C13H17BrCl2N2O2.